The van der Waals surface area contributed by atoms with E-state index in [-0.39, 0.29) is 11.1 Å². The largest absolute Gasteiger partial charge is 0.478 e. The monoisotopic (exact) mass is 307 g/mol. The average molecular weight is 307 g/mol. The van der Waals surface area contributed by atoms with E-state index in [2.05, 4.69) is 0 Å². The maximum Gasteiger partial charge on any atom is 0.335 e. The molecule has 0 aliphatic heterocycles. The van der Waals surface area contributed by atoms with E-state index in [0.29, 0.717) is 12.0 Å². The Balaban J connectivity index is 2.74. The molecule has 0 radical (unpaired) electrons. The van der Waals surface area contributed by atoms with Crippen LogP contribution in [0.25, 0.3) is 11.1 Å². The fourth-order valence-electron chi connectivity index (χ4n) is 2.19. The highest BCUT2D eigenvalue weighted by atomic mass is 19.1. The highest BCUT2D eigenvalue weighted by Gasteiger charge is 2.24. The molecule has 0 bridgehead atoms. The Bertz CT molecular complexity index is 774. The van der Waals surface area contributed by atoms with E-state index in [1.54, 1.807) is 6.92 Å². The summed E-state index contributed by atoms with van der Waals surface area (Å²) in [6.07, 6.45) is 0.317. The van der Waals surface area contributed by atoms with Crippen LogP contribution in [-0.2, 0) is 6.42 Å². The van der Waals surface area contributed by atoms with E-state index in [1.165, 1.54) is 18.2 Å². The highest BCUT2D eigenvalue weighted by Crippen LogP contribution is 2.34. The average Bonchev–Trinajstić information content (AvgIpc) is 2.46. The number of carboxylic acids is 1. The van der Waals surface area contributed by atoms with Crippen molar-refractivity contribution in [3.8, 4) is 11.1 Å². The van der Waals surface area contributed by atoms with Crippen molar-refractivity contribution < 1.29 is 23.6 Å². The number of rotatable bonds is 4. The molecule has 0 saturated carbocycles. The van der Waals surface area contributed by atoms with Crippen molar-refractivity contribution in [1.29, 1.82) is 0 Å². The van der Waals surface area contributed by atoms with E-state index in [4.69, 9.17) is 5.11 Å². The summed E-state index contributed by atoms with van der Waals surface area (Å²) >= 11 is 0. The number of nitro benzene ring substituents is 1. The molecular formula is C15H11F2NO4. The predicted molar refractivity (Wildman–Crippen MR) is 74.8 cm³/mol. The van der Waals surface area contributed by atoms with Gasteiger partial charge in [0.15, 0.2) is 0 Å². The molecular weight excluding hydrogens is 296 g/mol. The third kappa shape index (κ3) is 2.65. The number of aromatic carboxylic acids is 1. The topological polar surface area (TPSA) is 80.4 Å². The molecule has 0 saturated heterocycles. The summed E-state index contributed by atoms with van der Waals surface area (Å²) < 4.78 is 28.2. The van der Waals surface area contributed by atoms with Gasteiger partial charge in [0.05, 0.1) is 16.1 Å². The van der Waals surface area contributed by atoms with Gasteiger partial charge in [-0.1, -0.05) is 13.0 Å². The number of benzene rings is 2. The molecule has 2 rings (SSSR count). The zero-order valence-electron chi connectivity index (χ0n) is 11.5. The highest BCUT2D eigenvalue weighted by molar-refractivity contribution is 5.89. The van der Waals surface area contributed by atoms with Crippen molar-refractivity contribution in [2.45, 2.75) is 13.3 Å². The van der Waals surface area contributed by atoms with Crippen LogP contribution >= 0.6 is 0 Å². The van der Waals surface area contributed by atoms with Crippen LogP contribution in [0.2, 0.25) is 0 Å². The first kappa shape index (κ1) is 15.6. The van der Waals surface area contributed by atoms with E-state index < -0.39 is 33.8 Å². The number of hydrogen-bond acceptors (Lipinski definition) is 3. The van der Waals surface area contributed by atoms with Crippen LogP contribution in [0.1, 0.15) is 22.8 Å². The molecule has 1 N–H and O–H groups in total. The molecule has 0 aliphatic carbocycles. The second kappa shape index (κ2) is 5.88. The zero-order chi connectivity index (χ0) is 16.4. The molecule has 0 aromatic heterocycles. The summed E-state index contributed by atoms with van der Waals surface area (Å²) in [5.41, 5.74) is -0.889. The van der Waals surface area contributed by atoms with Crippen LogP contribution in [0.4, 0.5) is 14.5 Å². The minimum absolute atomic E-state index is 0.0214. The first-order valence-electron chi connectivity index (χ1n) is 6.35. The summed E-state index contributed by atoms with van der Waals surface area (Å²) in [4.78, 5) is 20.8. The first-order valence-corrected chi connectivity index (χ1v) is 6.35. The minimum Gasteiger partial charge on any atom is -0.478 e. The van der Waals surface area contributed by atoms with Crippen LogP contribution in [0, 0.1) is 21.7 Å². The van der Waals surface area contributed by atoms with Crippen LogP contribution in [0.15, 0.2) is 30.3 Å². The molecule has 0 fully saturated rings. The molecule has 2 aromatic carbocycles. The zero-order valence-corrected chi connectivity index (χ0v) is 11.5. The normalized spacial score (nSPS) is 10.5. The molecule has 0 unspecified atom stereocenters. The van der Waals surface area contributed by atoms with Gasteiger partial charge in [-0.25, -0.2) is 9.18 Å². The summed E-state index contributed by atoms with van der Waals surface area (Å²) in [5.74, 6) is -3.38. The van der Waals surface area contributed by atoms with Gasteiger partial charge in [0.25, 0.3) is 0 Å². The number of nitro groups is 1. The van der Waals surface area contributed by atoms with Crippen molar-refractivity contribution in [1.82, 2.24) is 0 Å². The molecule has 5 nitrogen and oxygen atoms in total. The van der Waals surface area contributed by atoms with Crippen LogP contribution in [0.5, 0.6) is 0 Å². The van der Waals surface area contributed by atoms with Gasteiger partial charge in [0.1, 0.15) is 5.82 Å². The molecule has 0 atom stereocenters. The Hall–Kier alpha value is -2.83. The minimum atomic E-state index is -1.28. The van der Waals surface area contributed by atoms with E-state index >= 15 is 0 Å². The lowest BCUT2D eigenvalue weighted by Crippen LogP contribution is -2.02. The van der Waals surface area contributed by atoms with Gasteiger partial charge in [-0.15, -0.1) is 0 Å². The summed E-state index contributed by atoms with van der Waals surface area (Å²) in [5, 5.41) is 19.7. The van der Waals surface area contributed by atoms with Crippen molar-refractivity contribution in [3.05, 3.63) is 63.2 Å². The van der Waals surface area contributed by atoms with Gasteiger partial charge in [0.2, 0.25) is 5.82 Å². The van der Waals surface area contributed by atoms with Crippen molar-refractivity contribution in [2.24, 2.45) is 0 Å². The number of aryl methyl sites for hydroxylation is 1. The smallest absolute Gasteiger partial charge is 0.335 e. The van der Waals surface area contributed by atoms with E-state index in [9.17, 15) is 23.7 Å². The van der Waals surface area contributed by atoms with E-state index in [0.717, 1.165) is 12.1 Å². The fourth-order valence-corrected chi connectivity index (χ4v) is 2.19. The van der Waals surface area contributed by atoms with Gasteiger partial charge in [-0.3, -0.25) is 10.1 Å². The molecule has 22 heavy (non-hydrogen) atoms. The Kier molecular flexibility index (Phi) is 4.16. The maximum absolute atomic E-state index is 14.2. The first-order chi connectivity index (χ1) is 10.4. The molecule has 0 aliphatic rings. The van der Waals surface area contributed by atoms with Crippen LogP contribution in [-0.4, -0.2) is 16.0 Å². The number of carboxylic acid groups (broad SMARTS) is 1. The molecule has 0 spiro atoms. The third-order valence-electron chi connectivity index (χ3n) is 3.27. The maximum atomic E-state index is 14.2. The fraction of sp³-hybridized carbons (Fsp3) is 0.133. The second-order valence-electron chi connectivity index (χ2n) is 4.54. The van der Waals surface area contributed by atoms with Gasteiger partial charge in [-0.05, 0) is 35.7 Å². The number of hydrogen-bond donors (Lipinski definition) is 1. The van der Waals surface area contributed by atoms with Gasteiger partial charge in [-0.2, -0.15) is 4.39 Å². The number of nitrogens with zero attached hydrogens (tertiary/aromatic N) is 1. The second-order valence-corrected chi connectivity index (χ2v) is 4.54. The Labute approximate surface area is 124 Å². The lowest BCUT2D eigenvalue weighted by molar-refractivity contribution is -0.387. The van der Waals surface area contributed by atoms with Gasteiger partial charge >= 0.3 is 11.7 Å². The lowest BCUT2D eigenvalue weighted by atomic mass is 9.95. The molecule has 2 aromatic rings. The number of carbonyl (C=O) groups is 1. The van der Waals surface area contributed by atoms with Crippen LogP contribution < -0.4 is 0 Å². The Morgan fingerprint density at radius 1 is 1.27 bits per heavy atom. The van der Waals surface area contributed by atoms with Gasteiger partial charge in [0, 0.05) is 6.07 Å². The number of halogens is 2. The Morgan fingerprint density at radius 2 is 1.95 bits per heavy atom. The molecule has 7 heteroatoms. The predicted octanol–water partition coefficient (Wildman–Crippen LogP) is 3.80. The van der Waals surface area contributed by atoms with Gasteiger partial charge < -0.3 is 5.11 Å². The summed E-state index contributed by atoms with van der Waals surface area (Å²) in [6.45, 7) is 1.69. The molecule has 0 amide bonds. The van der Waals surface area contributed by atoms with Crippen molar-refractivity contribution in [2.75, 3.05) is 0 Å². The van der Waals surface area contributed by atoms with E-state index in [1.807, 2.05) is 0 Å². The SMILES string of the molecule is CCc1cc(C(=O)O)ccc1-c1c(F)ccc([N+](=O)[O-])c1F. The molecule has 0 heterocycles. The third-order valence-corrected chi connectivity index (χ3v) is 3.27. The standard InChI is InChI=1S/C15H11F2NO4/c1-2-8-7-9(15(19)20)3-4-10(8)13-11(16)5-6-12(14(13)17)18(21)22/h3-7H,2H2,1H3,(H,19,20). The van der Waals surface area contributed by atoms with Crippen molar-refractivity contribution in [3.63, 3.8) is 0 Å². The quantitative estimate of drug-likeness (QED) is 0.688. The summed E-state index contributed by atoms with van der Waals surface area (Å²) in [6, 6.07) is 5.34. The van der Waals surface area contributed by atoms with Crippen LogP contribution in [0.3, 0.4) is 0 Å². The Morgan fingerprint density at radius 3 is 2.50 bits per heavy atom. The lowest BCUT2D eigenvalue weighted by Gasteiger charge is -2.11. The van der Waals surface area contributed by atoms with Crippen molar-refractivity contribution >= 4 is 11.7 Å². The molecule has 114 valence electrons. The summed E-state index contributed by atoms with van der Waals surface area (Å²) in [7, 11) is 0.